The average Bonchev–Trinajstić information content (AvgIpc) is 2.25. The van der Waals surface area contributed by atoms with Gasteiger partial charge in [0, 0.05) is 6.54 Å². The first-order valence-electron chi connectivity index (χ1n) is 7.49. The van der Waals surface area contributed by atoms with Crippen molar-refractivity contribution in [3.8, 4) is 0 Å². The SMILES string of the molecule is CC(C)(C)OC(=O)N1CCCCC1C1(C(=O)O)CCC1. The van der Waals surface area contributed by atoms with Crippen molar-refractivity contribution in [2.45, 2.75) is 70.9 Å². The normalized spacial score (nSPS) is 25.8. The van der Waals surface area contributed by atoms with E-state index >= 15 is 0 Å². The molecule has 5 nitrogen and oxygen atoms in total. The van der Waals surface area contributed by atoms with Crippen LogP contribution in [0.2, 0.25) is 0 Å². The van der Waals surface area contributed by atoms with Crippen LogP contribution in [0, 0.1) is 5.41 Å². The molecule has 0 aromatic carbocycles. The van der Waals surface area contributed by atoms with Crippen LogP contribution in [0.5, 0.6) is 0 Å². The third-order valence-electron chi connectivity index (χ3n) is 4.44. The number of nitrogens with zero attached hydrogens (tertiary/aromatic N) is 1. The molecule has 0 bridgehead atoms. The monoisotopic (exact) mass is 283 g/mol. The molecule has 1 N–H and O–H groups in total. The fourth-order valence-corrected chi connectivity index (χ4v) is 3.29. The zero-order valence-electron chi connectivity index (χ0n) is 12.6. The summed E-state index contributed by atoms with van der Waals surface area (Å²) < 4.78 is 5.44. The summed E-state index contributed by atoms with van der Waals surface area (Å²) in [5, 5.41) is 9.59. The molecular weight excluding hydrogens is 258 g/mol. The van der Waals surface area contributed by atoms with Crippen LogP contribution in [0.25, 0.3) is 0 Å². The van der Waals surface area contributed by atoms with Crippen LogP contribution in [0.4, 0.5) is 4.79 Å². The van der Waals surface area contributed by atoms with Crippen molar-refractivity contribution in [3.63, 3.8) is 0 Å². The largest absolute Gasteiger partial charge is 0.481 e. The molecule has 114 valence electrons. The molecule has 1 saturated heterocycles. The van der Waals surface area contributed by atoms with Crippen molar-refractivity contribution in [2.24, 2.45) is 5.41 Å². The van der Waals surface area contributed by atoms with E-state index in [-0.39, 0.29) is 12.1 Å². The number of likely N-dealkylation sites (tertiary alicyclic amines) is 1. The van der Waals surface area contributed by atoms with Crippen LogP contribution in [0.3, 0.4) is 0 Å². The van der Waals surface area contributed by atoms with E-state index in [0.717, 1.165) is 25.7 Å². The molecular formula is C15H25NO4. The van der Waals surface area contributed by atoms with Crippen molar-refractivity contribution in [1.82, 2.24) is 4.90 Å². The van der Waals surface area contributed by atoms with Crippen molar-refractivity contribution < 1.29 is 19.4 Å². The Hall–Kier alpha value is -1.26. The molecule has 5 heteroatoms. The van der Waals surface area contributed by atoms with Crippen LogP contribution in [-0.2, 0) is 9.53 Å². The molecule has 1 heterocycles. The number of hydrogen-bond acceptors (Lipinski definition) is 3. The van der Waals surface area contributed by atoms with Crippen molar-refractivity contribution in [3.05, 3.63) is 0 Å². The molecule has 2 rings (SSSR count). The summed E-state index contributed by atoms with van der Waals surface area (Å²) in [6, 6.07) is -0.211. The number of carboxylic acid groups (broad SMARTS) is 1. The van der Waals surface area contributed by atoms with E-state index in [1.165, 1.54) is 0 Å². The maximum Gasteiger partial charge on any atom is 0.410 e. The molecule has 2 fully saturated rings. The van der Waals surface area contributed by atoms with Crippen LogP contribution < -0.4 is 0 Å². The maximum absolute atomic E-state index is 12.3. The minimum absolute atomic E-state index is 0.211. The predicted molar refractivity (Wildman–Crippen MR) is 74.5 cm³/mol. The van der Waals surface area contributed by atoms with Gasteiger partial charge in [0.25, 0.3) is 0 Å². The van der Waals surface area contributed by atoms with Gasteiger partial charge in [-0.05, 0) is 52.9 Å². The quantitative estimate of drug-likeness (QED) is 0.846. The van der Waals surface area contributed by atoms with E-state index in [4.69, 9.17) is 4.74 Å². The zero-order chi connectivity index (χ0) is 15.0. The molecule has 2 aliphatic rings. The minimum atomic E-state index is -0.760. The van der Waals surface area contributed by atoms with E-state index < -0.39 is 17.0 Å². The van der Waals surface area contributed by atoms with Gasteiger partial charge < -0.3 is 14.7 Å². The molecule has 1 saturated carbocycles. The van der Waals surface area contributed by atoms with Gasteiger partial charge in [0.2, 0.25) is 0 Å². The number of piperidine rings is 1. The molecule has 0 aromatic rings. The Morgan fingerprint density at radius 2 is 1.85 bits per heavy atom. The van der Waals surface area contributed by atoms with Crippen molar-refractivity contribution in [2.75, 3.05) is 6.54 Å². The fourth-order valence-electron chi connectivity index (χ4n) is 3.29. The van der Waals surface area contributed by atoms with Gasteiger partial charge in [0.1, 0.15) is 5.60 Å². The lowest BCUT2D eigenvalue weighted by Crippen LogP contribution is -2.59. The maximum atomic E-state index is 12.3. The smallest absolute Gasteiger partial charge is 0.410 e. The van der Waals surface area contributed by atoms with E-state index in [2.05, 4.69) is 0 Å². The summed E-state index contributed by atoms with van der Waals surface area (Å²) in [6.45, 7) is 6.11. The Morgan fingerprint density at radius 1 is 1.20 bits per heavy atom. The number of ether oxygens (including phenoxy) is 1. The summed E-state index contributed by atoms with van der Waals surface area (Å²) in [4.78, 5) is 25.7. The Morgan fingerprint density at radius 3 is 2.30 bits per heavy atom. The number of hydrogen-bond donors (Lipinski definition) is 1. The average molecular weight is 283 g/mol. The summed E-state index contributed by atoms with van der Waals surface area (Å²) in [7, 11) is 0. The summed E-state index contributed by atoms with van der Waals surface area (Å²) in [5.74, 6) is -0.760. The van der Waals surface area contributed by atoms with Gasteiger partial charge in [0.15, 0.2) is 0 Å². The van der Waals surface area contributed by atoms with Gasteiger partial charge in [-0.3, -0.25) is 4.79 Å². The molecule has 1 atom stereocenters. The van der Waals surface area contributed by atoms with Crippen LogP contribution in [0.1, 0.15) is 59.3 Å². The summed E-state index contributed by atoms with van der Waals surface area (Å²) >= 11 is 0. The van der Waals surface area contributed by atoms with Crippen molar-refractivity contribution in [1.29, 1.82) is 0 Å². The third kappa shape index (κ3) is 2.76. The first-order chi connectivity index (χ1) is 9.26. The number of aliphatic carboxylic acids is 1. The lowest BCUT2D eigenvalue weighted by atomic mass is 9.62. The zero-order valence-corrected chi connectivity index (χ0v) is 12.6. The first-order valence-corrected chi connectivity index (χ1v) is 7.49. The molecule has 0 spiro atoms. The fraction of sp³-hybridized carbons (Fsp3) is 0.867. The van der Waals surface area contributed by atoms with E-state index in [1.54, 1.807) is 4.90 Å². The van der Waals surface area contributed by atoms with Crippen molar-refractivity contribution >= 4 is 12.1 Å². The van der Waals surface area contributed by atoms with Crippen LogP contribution >= 0.6 is 0 Å². The molecule has 1 aliphatic carbocycles. The lowest BCUT2D eigenvalue weighted by Gasteiger charge is -2.50. The summed E-state index contributed by atoms with van der Waals surface area (Å²) in [6.07, 6.45) is 4.59. The van der Waals surface area contributed by atoms with Crippen LogP contribution in [0.15, 0.2) is 0 Å². The highest BCUT2D eigenvalue weighted by molar-refractivity contribution is 5.78. The minimum Gasteiger partial charge on any atom is -0.481 e. The molecule has 1 amide bonds. The van der Waals surface area contributed by atoms with Gasteiger partial charge >= 0.3 is 12.1 Å². The topological polar surface area (TPSA) is 66.8 Å². The number of carboxylic acids is 1. The number of rotatable bonds is 2. The molecule has 1 aliphatic heterocycles. The van der Waals surface area contributed by atoms with Gasteiger partial charge in [-0.25, -0.2) is 4.79 Å². The standard InChI is InChI=1S/C15H25NO4/c1-14(2,3)20-13(19)16-10-5-4-7-11(16)15(12(17)18)8-6-9-15/h11H,4-10H2,1-3H3,(H,17,18). The van der Waals surface area contributed by atoms with E-state index in [9.17, 15) is 14.7 Å². The third-order valence-corrected chi connectivity index (χ3v) is 4.44. The Labute approximate surface area is 120 Å². The predicted octanol–water partition coefficient (Wildman–Crippen LogP) is 3.03. The second-order valence-corrected chi connectivity index (χ2v) is 7.00. The highest BCUT2D eigenvalue weighted by Crippen LogP contribution is 2.48. The second kappa shape index (κ2) is 5.26. The van der Waals surface area contributed by atoms with Crippen LogP contribution in [-0.4, -0.2) is 40.3 Å². The van der Waals surface area contributed by atoms with Gasteiger partial charge in [0.05, 0.1) is 11.5 Å². The Bertz CT molecular complexity index is 395. The van der Waals surface area contributed by atoms with Gasteiger partial charge in [-0.1, -0.05) is 6.42 Å². The van der Waals surface area contributed by atoms with Gasteiger partial charge in [-0.2, -0.15) is 0 Å². The molecule has 20 heavy (non-hydrogen) atoms. The number of carbonyl (C=O) groups excluding carboxylic acids is 1. The van der Waals surface area contributed by atoms with E-state index in [1.807, 2.05) is 20.8 Å². The first kappa shape index (κ1) is 15.1. The number of amides is 1. The molecule has 1 unspecified atom stereocenters. The highest BCUT2D eigenvalue weighted by atomic mass is 16.6. The second-order valence-electron chi connectivity index (χ2n) is 7.00. The Kier molecular flexibility index (Phi) is 3.98. The lowest BCUT2D eigenvalue weighted by molar-refractivity contribution is -0.162. The molecule has 0 radical (unpaired) electrons. The molecule has 0 aromatic heterocycles. The number of carbonyl (C=O) groups is 2. The van der Waals surface area contributed by atoms with Gasteiger partial charge in [-0.15, -0.1) is 0 Å². The highest BCUT2D eigenvalue weighted by Gasteiger charge is 2.54. The van der Waals surface area contributed by atoms with E-state index in [0.29, 0.717) is 19.4 Å². The summed E-state index contributed by atoms with van der Waals surface area (Å²) in [5.41, 5.74) is -1.29. The Balaban J connectivity index is 2.17.